The minimum Gasteiger partial charge on any atom is -0.362 e. The van der Waals surface area contributed by atoms with Gasteiger partial charge < -0.3 is 5.32 Å². The number of anilines is 1. The quantitative estimate of drug-likeness (QED) is 0.793. The van der Waals surface area contributed by atoms with Crippen molar-refractivity contribution in [2.24, 2.45) is 0 Å². The van der Waals surface area contributed by atoms with Crippen molar-refractivity contribution in [2.75, 3.05) is 11.6 Å². The van der Waals surface area contributed by atoms with Crippen LogP contribution in [0.1, 0.15) is 18.5 Å². The molecule has 1 atom stereocenters. The Morgan fingerprint density at radius 1 is 1.14 bits per heavy atom. The molecule has 2 aromatic heterocycles. The molecule has 7 heteroatoms. The molecule has 114 valence electrons. The molecular formula is C15H15N3O2S2. The van der Waals surface area contributed by atoms with Gasteiger partial charge in [-0.25, -0.2) is 18.4 Å². The van der Waals surface area contributed by atoms with Crippen molar-refractivity contribution in [3.63, 3.8) is 0 Å². The summed E-state index contributed by atoms with van der Waals surface area (Å²) in [4.78, 5) is 8.83. The molecule has 0 aliphatic carbocycles. The Hall–Kier alpha value is -1.99. The number of thiophene rings is 1. The molecule has 0 radical (unpaired) electrons. The van der Waals surface area contributed by atoms with E-state index in [0.29, 0.717) is 4.90 Å². The predicted molar refractivity (Wildman–Crippen MR) is 89.0 cm³/mol. The van der Waals surface area contributed by atoms with Crippen LogP contribution in [0.25, 0.3) is 10.2 Å². The lowest BCUT2D eigenvalue weighted by atomic mass is 10.1. The first-order valence-electron chi connectivity index (χ1n) is 6.70. The van der Waals surface area contributed by atoms with Crippen LogP contribution in [0.5, 0.6) is 0 Å². The highest BCUT2D eigenvalue weighted by Gasteiger charge is 2.12. The molecule has 1 N–H and O–H groups in total. The van der Waals surface area contributed by atoms with Crippen LogP contribution >= 0.6 is 11.3 Å². The molecule has 1 aromatic carbocycles. The van der Waals surface area contributed by atoms with Crippen molar-refractivity contribution in [3.8, 4) is 0 Å². The number of sulfone groups is 1. The Morgan fingerprint density at radius 3 is 2.55 bits per heavy atom. The first-order chi connectivity index (χ1) is 10.4. The highest BCUT2D eigenvalue weighted by molar-refractivity contribution is 7.90. The molecule has 1 unspecified atom stereocenters. The largest absolute Gasteiger partial charge is 0.362 e. The minimum absolute atomic E-state index is 0.00816. The van der Waals surface area contributed by atoms with E-state index < -0.39 is 9.84 Å². The van der Waals surface area contributed by atoms with Crippen molar-refractivity contribution in [1.82, 2.24) is 9.97 Å². The number of fused-ring (bicyclic) bond motifs is 1. The van der Waals surface area contributed by atoms with Gasteiger partial charge in [0.2, 0.25) is 0 Å². The highest BCUT2D eigenvalue weighted by atomic mass is 32.2. The molecule has 0 aliphatic rings. The molecule has 0 saturated heterocycles. The summed E-state index contributed by atoms with van der Waals surface area (Å²) in [5, 5.41) is 5.34. The number of rotatable bonds is 4. The Balaban J connectivity index is 1.85. The smallest absolute Gasteiger partial charge is 0.175 e. The zero-order valence-corrected chi connectivity index (χ0v) is 13.8. The SMILES string of the molecule is CC(Nc1ncnc2ccsc12)c1ccc(S(C)(=O)=O)cc1. The van der Waals surface area contributed by atoms with E-state index in [1.54, 1.807) is 23.5 Å². The summed E-state index contributed by atoms with van der Waals surface area (Å²) in [6, 6.07) is 8.86. The lowest BCUT2D eigenvalue weighted by molar-refractivity contribution is 0.602. The molecule has 0 aliphatic heterocycles. The van der Waals surface area contributed by atoms with E-state index >= 15 is 0 Å². The Labute approximate surface area is 133 Å². The van der Waals surface area contributed by atoms with Crippen LogP contribution in [0.4, 0.5) is 5.82 Å². The molecule has 0 amide bonds. The van der Waals surface area contributed by atoms with E-state index in [1.165, 1.54) is 12.6 Å². The van der Waals surface area contributed by atoms with Gasteiger partial charge >= 0.3 is 0 Å². The normalized spacial score (nSPS) is 13.2. The molecule has 0 saturated carbocycles. The topological polar surface area (TPSA) is 72.0 Å². The number of nitrogens with zero attached hydrogens (tertiary/aromatic N) is 2. The van der Waals surface area contributed by atoms with Gasteiger partial charge in [0, 0.05) is 12.3 Å². The molecule has 22 heavy (non-hydrogen) atoms. The summed E-state index contributed by atoms with van der Waals surface area (Å²) < 4.78 is 24.0. The van der Waals surface area contributed by atoms with Gasteiger partial charge in [-0.2, -0.15) is 0 Å². The van der Waals surface area contributed by atoms with Crippen LogP contribution in [0.15, 0.2) is 46.9 Å². The fourth-order valence-corrected chi connectivity index (χ4v) is 3.61. The molecule has 3 aromatic rings. The maximum atomic E-state index is 11.5. The van der Waals surface area contributed by atoms with Crippen molar-refractivity contribution in [3.05, 3.63) is 47.6 Å². The molecule has 0 bridgehead atoms. The maximum Gasteiger partial charge on any atom is 0.175 e. The summed E-state index contributed by atoms with van der Waals surface area (Å²) in [7, 11) is -3.16. The molecule has 0 spiro atoms. The van der Waals surface area contributed by atoms with Gasteiger partial charge in [0.1, 0.15) is 12.1 Å². The fourth-order valence-electron chi connectivity index (χ4n) is 2.18. The van der Waals surface area contributed by atoms with Gasteiger partial charge in [-0.05, 0) is 36.1 Å². The number of hydrogen-bond donors (Lipinski definition) is 1. The second-order valence-corrected chi connectivity index (χ2v) is 8.00. The summed E-state index contributed by atoms with van der Waals surface area (Å²) in [6.45, 7) is 2.01. The third-order valence-electron chi connectivity index (χ3n) is 3.40. The Bertz CT molecular complexity index is 902. The third-order valence-corrected chi connectivity index (χ3v) is 5.44. The highest BCUT2D eigenvalue weighted by Crippen LogP contribution is 2.28. The molecule has 3 rings (SSSR count). The van der Waals surface area contributed by atoms with Crippen LogP contribution in [-0.4, -0.2) is 24.6 Å². The monoisotopic (exact) mass is 333 g/mol. The summed E-state index contributed by atoms with van der Waals surface area (Å²) in [5.74, 6) is 0.791. The van der Waals surface area contributed by atoms with E-state index in [-0.39, 0.29) is 6.04 Å². The Morgan fingerprint density at radius 2 is 1.86 bits per heavy atom. The summed E-state index contributed by atoms with van der Waals surface area (Å²) in [5.41, 5.74) is 1.91. The van der Waals surface area contributed by atoms with Crippen LogP contribution in [0.3, 0.4) is 0 Å². The zero-order chi connectivity index (χ0) is 15.7. The van der Waals surface area contributed by atoms with Crippen LogP contribution in [-0.2, 0) is 9.84 Å². The lowest BCUT2D eigenvalue weighted by Gasteiger charge is -2.15. The number of hydrogen-bond acceptors (Lipinski definition) is 6. The van der Waals surface area contributed by atoms with Gasteiger partial charge in [0.15, 0.2) is 9.84 Å². The third kappa shape index (κ3) is 2.95. The number of nitrogens with one attached hydrogen (secondary N) is 1. The predicted octanol–water partition coefficient (Wildman–Crippen LogP) is 3.27. The van der Waals surface area contributed by atoms with Gasteiger partial charge in [-0.15, -0.1) is 11.3 Å². The van der Waals surface area contributed by atoms with Gasteiger partial charge in [-0.3, -0.25) is 0 Å². The van der Waals surface area contributed by atoms with E-state index in [0.717, 1.165) is 21.6 Å². The first kappa shape index (κ1) is 14.9. The standard InChI is InChI=1S/C15H15N3O2S2/c1-10(11-3-5-12(6-4-11)22(2,19)20)18-15-14-13(7-8-21-14)16-9-17-15/h3-10H,1-2H3,(H,16,17,18). The molecular weight excluding hydrogens is 318 g/mol. The van der Waals surface area contributed by atoms with Crippen LogP contribution in [0, 0.1) is 0 Å². The van der Waals surface area contributed by atoms with Gasteiger partial charge in [-0.1, -0.05) is 12.1 Å². The number of benzene rings is 1. The molecule has 2 heterocycles. The van der Waals surface area contributed by atoms with Crippen LogP contribution in [0.2, 0.25) is 0 Å². The van der Waals surface area contributed by atoms with Crippen molar-refractivity contribution in [2.45, 2.75) is 17.9 Å². The first-order valence-corrected chi connectivity index (χ1v) is 9.47. The van der Waals surface area contributed by atoms with E-state index in [4.69, 9.17) is 0 Å². The fraction of sp³-hybridized carbons (Fsp3) is 0.200. The van der Waals surface area contributed by atoms with E-state index in [9.17, 15) is 8.42 Å². The number of aromatic nitrogens is 2. The summed E-state index contributed by atoms with van der Waals surface area (Å²) in [6.07, 6.45) is 2.75. The second-order valence-electron chi connectivity index (χ2n) is 5.06. The zero-order valence-electron chi connectivity index (χ0n) is 12.1. The van der Waals surface area contributed by atoms with Gasteiger partial charge in [0.05, 0.1) is 15.1 Å². The van der Waals surface area contributed by atoms with Gasteiger partial charge in [0.25, 0.3) is 0 Å². The van der Waals surface area contributed by atoms with Crippen molar-refractivity contribution in [1.29, 1.82) is 0 Å². The van der Waals surface area contributed by atoms with Crippen molar-refractivity contribution >= 4 is 37.2 Å². The van der Waals surface area contributed by atoms with Crippen LogP contribution < -0.4 is 5.32 Å². The molecule has 0 fully saturated rings. The average Bonchev–Trinajstić information content (AvgIpc) is 2.96. The minimum atomic E-state index is -3.16. The maximum absolute atomic E-state index is 11.5. The summed E-state index contributed by atoms with van der Waals surface area (Å²) >= 11 is 1.59. The second kappa shape index (κ2) is 5.66. The lowest BCUT2D eigenvalue weighted by Crippen LogP contribution is -2.08. The Kier molecular flexibility index (Phi) is 3.84. The molecule has 5 nitrogen and oxygen atoms in total. The average molecular weight is 333 g/mol. The van der Waals surface area contributed by atoms with E-state index in [1.807, 2.05) is 30.5 Å². The van der Waals surface area contributed by atoms with E-state index in [2.05, 4.69) is 15.3 Å². The van der Waals surface area contributed by atoms with Crippen molar-refractivity contribution < 1.29 is 8.42 Å².